The monoisotopic (exact) mass is 224 g/mol. The molecule has 0 aromatic carbocycles. The third-order valence-corrected chi connectivity index (χ3v) is 3.11. The molecule has 0 bridgehead atoms. The fourth-order valence-electron chi connectivity index (χ4n) is 1.54. The Bertz CT molecular complexity index is 591. The van der Waals surface area contributed by atoms with Crippen LogP contribution in [-0.2, 0) is 6.42 Å². The normalized spacial score (nSPS) is 11.4. The third kappa shape index (κ3) is 1.87. The van der Waals surface area contributed by atoms with E-state index in [1.54, 1.807) is 0 Å². The molecule has 0 saturated heterocycles. The van der Waals surface area contributed by atoms with E-state index in [0.29, 0.717) is 5.92 Å². The summed E-state index contributed by atoms with van der Waals surface area (Å²) < 4.78 is 0. The molecule has 0 amide bonds. The summed E-state index contributed by atoms with van der Waals surface area (Å²) in [4.78, 5) is 28.2. The molecule has 0 aliphatic rings. The van der Waals surface area contributed by atoms with Crippen molar-refractivity contribution in [1.29, 1.82) is 0 Å². The third-order valence-electron chi connectivity index (χ3n) is 2.17. The SMILES string of the molecule is CC(C)Cc1csc2[nH]c(=O)c(=O)[nH]c12. The summed E-state index contributed by atoms with van der Waals surface area (Å²) >= 11 is 1.45. The number of H-pyrrole nitrogens is 2. The number of aromatic nitrogens is 2. The van der Waals surface area contributed by atoms with Crippen LogP contribution in [0.15, 0.2) is 15.0 Å². The molecule has 2 aromatic rings. The summed E-state index contributed by atoms with van der Waals surface area (Å²) in [6.45, 7) is 4.24. The van der Waals surface area contributed by atoms with Crippen molar-refractivity contribution in [3.05, 3.63) is 31.7 Å². The molecule has 2 heterocycles. The lowest BCUT2D eigenvalue weighted by molar-refractivity contribution is 0.650. The first kappa shape index (κ1) is 10.2. The molecule has 0 aliphatic carbocycles. The van der Waals surface area contributed by atoms with Crippen LogP contribution in [0.4, 0.5) is 0 Å². The van der Waals surface area contributed by atoms with Crippen molar-refractivity contribution in [3.8, 4) is 0 Å². The van der Waals surface area contributed by atoms with Crippen LogP contribution in [0.25, 0.3) is 10.3 Å². The van der Waals surface area contributed by atoms with E-state index < -0.39 is 11.1 Å². The molecule has 0 fully saturated rings. The minimum Gasteiger partial charge on any atom is -0.315 e. The molecule has 0 spiro atoms. The van der Waals surface area contributed by atoms with Crippen LogP contribution < -0.4 is 11.1 Å². The zero-order valence-electron chi connectivity index (χ0n) is 8.59. The smallest absolute Gasteiger partial charge is 0.314 e. The molecular weight excluding hydrogens is 212 g/mol. The molecule has 2 rings (SSSR count). The quantitative estimate of drug-likeness (QED) is 0.759. The van der Waals surface area contributed by atoms with E-state index in [1.165, 1.54) is 11.3 Å². The number of thiophene rings is 1. The van der Waals surface area contributed by atoms with E-state index >= 15 is 0 Å². The number of fused-ring (bicyclic) bond motifs is 1. The first-order valence-corrected chi connectivity index (χ1v) is 5.68. The first-order valence-electron chi connectivity index (χ1n) is 4.80. The second-order valence-electron chi connectivity index (χ2n) is 3.97. The maximum Gasteiger partial charge on any atom is 0.314 e. The average molecular weight is 224 g/mol. The van der Waals surface area contributed by atoms with Gasteiger partial charge in [0.1, 0.15) is 4.83 Å². The highest BCUT2D eigenvalue weighted by Gasteiger charge is 2.08. The highest BCUT2D eigenvalue weighted by molar-refractivity contribution is 7.16. The summed E-state index contributed by atoms with van der Waals surface area (Å²) in [6, 6.07) is 0. The maximum absolute atomic E-state index is 11.2. The van der Waals surface area contributed by atoms with Gasteiger partial charge >= 0.3 is 11.1 Å². The number of aromatic amines is 2. The van der Waals surface area contributed by atoms with E-state index in [0.717, 1.165) is 22.3 Å². The Morgan fingerprint density at radius 3 is 2.60 bits per heavy atom. The van der Waals surface area contributed by atoms with Crippen molar-refractivity contribution in [2.75, 3.05) is 0 Å². The molecule has 15 heavy (non-hydrogen) atoms. The Kier molecular flexibility index (Phi) is 2.48. The van der Waals surface area contributed by atoms with E-state index in [2.05, 4.69) is 23.8 Å². The maximum atomic E-state index is 11.2. The van der Waals surface area contributed by atoms with Gasteiger partial charge in [0, 0.05) is 0 Å². The number of rotatable bonds is 2. The zero-order valence-corrected chi connectivity index (χ0v) is 9.40. The zero-order chi connectivity index (χ0) is 11.0. The van der Waals surface area contributed by atoms with Gasteiger partial charge < -0.3 is 9.97 Å². The number of hydrogen-bond acceptors (Lipinski definition) is 3. The lowest BCUT2D eigenvalue weighted by Gasteiger charge is -2.01. The van der Waals surface area contributed by atoms with E-state index in [-0.39, 0.29) is 0 Å². The fourth-order valence-corrected chi connectivity index (χ4v) is 2.47. The van der Waals surface area contributed by atoms with Crippen LogP contribution in [0.2, 0.25) is 0 Å². The van der Waals surface area contributed by atoms with Gasteiger partial charge in [0.15, 0.2) is 0 Å². The first-order chi connectivity index (χ1) is 7.08. The fraction of sp³-hybridized carbons (Fsp3) is 0.400. The number of nitrogens with one attached hydrogen (secondary N) is 2. The molecule has 4 nitrogen and oxygen atoms in total. The van der Waals surface area contributed by atoms with Gasteiger partial charge in [-0.05, 0) is 23.3 Å². The van der Waals surface area contributed by atoms with Crippen molar-refractivity contribution in [2.24, 2.45) is 5.92 Å². The van der Waals surface area contributed by atoms with Crippen molar-refractivity contribution >= 4 is 21.7 Å². The van der Waals surface area contributed by atoms with Gasteiger partial charge in [-0.1, -0.05) is 13.8 Å². The van der Waals surface area contributed by atoms with Crippen LogP contribution >= 0.6 is 11.3 Å². The summed E-state index contributed by atoms with van der Waals surface area (Å²) in [5.74, 6) is 0.526. The second-order valence-corrected chi connectivity index (χ2v) is 4.85. The van der Waals surface area contributed by atoms with Gasteiger partial charge in [-0.3, -0.25) is 9.59 Å². The molecule has 0 atom stereocenters. The van der Waals surface area contributed by atoms with Crippen LogP contribution in [0.3, 0.4) is 0 Å². The Morgan fingerprint density at radius 1 is 1.27 bits per heavy atom. The van der Waals surface area contributed by atoms with Crippen LogP contribution in [0, 0.1) is 5.92 Å². The van der Waals surface area contributed by atoms with Crippen molar-refractivity contribution in [3.63, 3.8) is 0 Å². The highest BCUT2D eigenvalue weighted by atomic mass is 32.1. The average Bonchev–Trinajstić information content (AvgIpc) is 2.49. The van der Waals surface area contributed by atoms with E-state index in [4.69, 9.17) is 0 Å². The van der Waals surface area contributed by atoms with Crippen molar-refractivity contribution < 1.29 is 0 Å². The lowest BCUT2D eigenvalue weighted by atomic mass is 10.1. The van der Waals surface area contributed by atoms with Gasteiger partial charge in [0.05, 0.1) is 5.52 Å². The molecule has 80 valence electrons. The molecular formula is C10H12N2O2S. The summed E-state index contributed by atoms with van der Waals surface area (Å²) in [5.41, 5.74) is 0.711. The van der Waals surface area contributed by atoms with Gasteiger partial charge in [-0.2, -0.15) is 0 Å². The van der Waals surface area contributed by atoms with Crippen LogP contribution in [-0.4, -0.2) is 9.97 Å². The summed E-state index contributed by atoms with van der Waals surface area (Å²) in [5, 5.41) is 1.98. The molecule has 2 aromatic heterocycles. The second kappa shape index (κ2) is 3.66. The molecule has 0 unspecified atom stereocenters. The Balaban J connectivity index is 2.64. The largest absolute Gasteiger partial charge is 0.315 e. The molecule has 0 saturated carbocycles. The predicted octanol–water partition coefficient (Wildman–Crippen LogP) is 1.48. The number of hydrogen-bond donors (Lipinski definition) is 2. The standard InChI is InChI=1S/C10H12N2O2S/c1-5(2)3-6-4-15-10-7(6)11-8(13)9(14)12-10/h4-5H,3H2,1-2H3,(H,11,13)(H,12,14). The Labute approximate surface area is 90.0 Å². The van der Waals surface area contributed by atoms with Crippen LogP contribution in [0.1, 0.15) is 19.4 Å². The summed E-state index contributed by atoms with van der Waals surface area (Å²) in [6.07, 6.45) is 0.905. The minimum atomic E-state index is -0.583. The topological polar surface area (TPSA) is 65.7 Å². The van der Waals surface area contributed by atoms with E-state index in [9.17, 15) is 9.59 Å². The molecule has 0 aliphatic heterocycles. The minimum absolute atomic E-state index is 0.526. The summed E-state index contributed by atoms with van der Waals surface area (Å²) in [7, 11) is 0. The molecule has 2 N–H and O–H groups in total. The molecule has 5 heteroatoms. The van der Waals surface area contributed by atoms with Crippen molar-refractivity contribution in [2.45, 2.75) is 20.3 Å². The lowest BCUT2D eigenvalue weighted by Crippen LogP contribution is -2.28. The Morgan fingerprint density at radius 2 is 1.93 bits per heavy atom. The molecule has 0 radical (unpaired) electrons. The Hall–Kier alpha value is -1.36. The highest BCUT2D eigenvalue weighted by Crippen LogP contribution is 2.22. The predicted molar refractivity (Wildman–Crippen MR) is 61.6 cm³/mol. The van der Waals surface area contributed by atoms with E-state index in [1.807, 2.05) is 5.38 Å². The van der Waals surface area contributed by atoms with Gasteiger partial charge in [-0.15, -0.1) is 11.3 Å². The van der Waals surface area contributed by atoms with Crippen LogP contribution in [0.5, 0.6) is 0 Å². The van der Waals surface area contributed by atoms with Gasteiger partial charge in [0.25, 0.3) is 0 Å². The van der Waals surface area contributed by atoms with Gasteiger partial charge in [-0.25, -0.2) is 0 Å². The van der Waals surface area contributed by atoms with Gasteiger partial charge in [0.2, 0.25) is 0 Å². The van der Waals surface area contributed by atoms with Crippen molar-refractivity contribution in [1.82, 2.24) is 9.97 Å².